The summed E-state index contributed by atoms with van der Waals surface area (Å²) in [4.78, 5) is 37.7. The molecule has 8 heteroatoms. The molecule has 1 N–H and O–H groups in total. The number of nitrogens with one attached hydrogen (secondary N) is 1. The molecule has 0 bridgehead atoms. The van der Waals surface area contributed by atoms with Crippen molar-refractivity contribution in [3.63, 3.8) is 0 Å². The number of carbonyl (C=O) groups excluding carboxylic acids is 3. The van der Waals surface area contributed by atoms with Gasteiger partial charge in [-0.3, -0.25) is 14.5 Å². The number of esters is 1. The largest absolute Gasteiger partial charge is 0.464 e. The fourth-order valence-electron chi connectivity index (χ4n) is 2.75. The van der Waals surface area contributed by atoms with E-state index in [2.05, 4.69) is 5.32 Å². The molecular formula is C17H20N2O6. The molecule has 0 spiro atoms. The van der Waals surface area contributed by atoms with Crippen LogP contribution < -0.4 is 14.8 Å². The van der Waals surface area contributed by atoms with Gasteiger partial charge in [0.25, 0.3) is 5.91 Å². The summed E-state index contributed by atoms with van der Waals surface area (Å²) in [7, 11) is 0. The van der Waals surface area contributed by atoms with Crippen molar-refractivity contribution < 1.29 is 28.6 Å². The Hall–Kier alpha value is -2.77. The van der Waals surface area contributed by atoms with Crippen molar-refractivity contribution in [2.75, 3.05) is 19.9 Å². The van der Waals surface area contributed by atoms with Gasteiger partial charge in [0, 0.05) is 0 Å². The SMILES string of the molecule is CCCCOC(=O)CN1C(=O)N[C@](C)(c2ccc3c(c2)OCO3)C1=O. The summed E-state index contributed by atoms with van der Waals surface area (Å²) in [5.41, 5.74) is -0.723. The lowest BCUT2D eigenvalue weighted by atomic mass is 9.91. The number of benzene rings is 1. The first-order valence-electron chi connectivity index (χ1n) is 8.15. The van der Waals surface area contributed by atoms with E-state index in [1.54, 1.807) is 25.1 Å². The van der Waals surface area contributed by atoms with Gasteiger partial charge in [0.1, 0.15) is 12.1 Å². The standard InChI is InChI=1S/C17H20N2O6/c1-3-4-7-23-14(20)9-19-15(21)17(2,18-16(19)22)11-5-6-12-13(8-11)25-10-24-12/h5-6,8H,3-4,7,9-10H2,1-2H3,(H,18,22)/t17-/m1/s1. The first-order valence-corrected chi connectivity index (χ1v) is 8.15. The van der Waals surface area contributed by atoms with Crippen LogP contribution in [0.25, 0.3) is 0 Å². The number of rotatable bonds is 6. The smallest absolute Gasteiger partial charge is 0.326 e. The van der Waals surface area contributed by atoms with Crippen LogP contribution in [-0.4, -0.2) is 42.8 Å². The second kappa shape index (κ2) is 6.62. The Morgan fingerprint density at radius 1 is 1.32 bits per heavy atom. The highest BCUT2D eigenvalue weighted by molar-refractivity contribution is 6.08. The average molecular weight is 348 g/mol. The van der Waals surface area contributed by atoms with Gasteiger partial charge in [-0.05, 0) is 31.0 Å². The highest BCUT2D eigenvalue weighted by Gasteiger charge is 2.50. The summed E-state index contributed by atoms with van der Waals surface area (Å²) in [6, 6.07) is 4.40. The second-order valence-corrected chi connectivity index (χ2v) is 6.09. The van der Waals surface area contributed by atoms with Crippen molar-refractivity contribution in [3.8, 4) is 11.5 Å². The third-order valence-electron chi connectivity index (χ3n) is 4.27. The first-order chi connectivity index (χ1) is 12.0. The van der Waals surface area contributed by atoms with E-state index in [0.717, 1.165) is 17.7 Å². The molecule has 1 aromatic carbocycles. The Kier molecular flexibility index (Phi) is 4.52. The Labute approximate surface area is 145 Å². The third-order valence-corrected chi connectivity index (χ3v) is 4.27. The molecule has 0 saturated carbocycles. The van der Waals surface area contributed by atoms with Crippen LogP contribution in [0.2, 0.25) is 0 Å². The van der Waals surface area contributed by atoms with Gasteiger partial charge in [-0.15, -0.1) is 0 Å². The molecule has 1 atom stereocenters. The summed E-state index contributed by atoms with van der Waals surface area (Å²) in [6.45, 7) is 3.55. The predicted octanol–water partition coefficient (Wildman–Crippen LogP) is 1.53. The van der Waals surface area contributed by atoms with Crippen LogP contribution >= 0.6 is 0 Å². The van der Waals surface area contributed by atoms with Crippen molar-refractivity contribution in [2.24, 2.45) is 0 Å². The minimum atomic E-state index is -1.28. The summed E-state index contributed by atoms with van der Waals surface area (Å²) >= 11 is 0. The van der Waals surface area contributed by atoms with Crippen LogP contribution in [0, 0.1) is 0 Å². The van der Waals surface area contributed by atoms with Gasteiger partial charge in [0.2, 0.25) is 6.79 Å². The number of imide groups is 1. The fraction of sp³-hybridized carbons (Fsp3) is 0.471. The number of carbonyl (C=O) groups is 3. The molecular weight excluding hydrogens is 328 g/mol. The minimum absolute atomic E-state index is 0.117. The van der Waals surface area contributed by atoms with E-state index in [-0.39, 0.29) is 13.4 Å². The molecule has 2 aliphatic rings. The van der Waals surface area contributed by atoms with Crippen LogP contribution in [-0.2, 0) is 19.9 Å². The van der Waals surface area contributed by atoms with Gasteiger partial charge in [0.15, 0.2) is 11.5 Å². The molecule has 8 nitrogen and oxygen atoms in total. The first kappa shape index (κ1) is 17.1. The molecule has 2 aliphatic heterocycles. The summed E-state index contributed by atoms with van der Waals surface area (Å²) < 4.78 is 15.6. The molecule has 1 fully saturated rings. The zero-order valence-corrected chi connectivity index (χ0v) is 14.2. The molecule has 25 heavy (non-hydrogen) atoms. The van der Waals surface area contributed by atoms with E-state index in [4.69, 9.17) is 14.2 Å². The summed E-state index contributed by atoms with van der Waals surface area (Å²) in [5.74, 6) is -0.0191. The summed E-state index contributed by atoms with van der Waals surface area (Å²) in [6.07, 6.45) is 1.62. The minimum Gasteiger partial charge on any atom is -0.464 e. The maximum Gasteiger partial charge on any atom is 0.326 e. The number of urea groups is 1. The normalized spacial score (nSPS) is 21.4. The molecule has 0 unspecified atom stereocenters. The lowest BCUT2D eigenvalue weighted by molar-refractivity contribution is -0.147. The van der Waals surface area contributed by atoms with E-state index in [1.165, 1.54) is 0 Å². The number of hydrogen-bond donors (Lipinski definition) is 1. The fourth-order valence-corrected chi connectivity index (χ4v) is 2.75. The average Bonchev–Trinajstić information content (AvgIpc) is 3.13. The van der Waals surface area contributed by atoms with Gasteiger partial charge >= 0.3 is 12.0 Å². The van der Waals surface area contributed by atoms with Crippen LogP contribution in [0.1, 0.15) is 32.3 Å². The highest BCUT2D eigenvalue weighted by Crippen LogP contribution is 2.37. The van der Waals surface area contributed by atoms with E-state index in [9.17, 15) is 14.4 Å². The molecule has 134 valence electrons. The van der Waals surface area contributed by atoms with Gasteiger partial charge in [-0.1, -0.05) is 19.4 Å². The Bertz CT molecular complexity index is 719. The van der Waals surface area contributed by atoms with E-state index < -0.39 is 30.0 Å². The Balaban J connectivity index is 1.74. The van der Waals surface area contributed by atoms with Crippen molar-refractivity contribution in [1.29, 1.82) is 0 Å². The summed E-state index contributed by atoms with van der Waals surface area (Å²) in [5, 5.41) is 2.64. The van der Waals surface area contributed by atoms with Crippen molar-refractivity contribution in [2.45, 2.75) is 32.2 Å². The van der Waals surface area contributed by atoms with Gasteiger partial charge in [-0.2, -0.15) is 0 Å². The highest BCUT2D eigenvalue weighted by atomic mass is 16.7. The van der Waals surface area contributed by atoms with E-state index >= 15 is 0 Å². The van der Waals surface area contributed by atoms with Crippen molar-refractivity contribution in [3.05, 3.63) is 23.8 Å². The van der Waals surface area contributed by atoms with E-state index in [0.29, 0.717) is 17.1 Å². The van der Waals surface area contributed by atoms with Gasteiger partial charge in [-0.25, -0.2) is 4.79 Å². The molecule has 3 rings (SSSR count). The van der Waals surface area contributed by atoms with Crippen LogP contribution in [0.15, 0.2) is 18.2 Å². The van der Waals surface area contributed by atoms with Crippen molar-refractivity contribution in [1.82, 2.24) is 10.2 Å². The second-order valence-electron chi connectivity index (χ2n) is 6.09. The monoisotopic (exact) mass is 348 g/mol. The maximum atomic E-state index is 12.8. The maximum absolute atomic E-state index is 12.8. The number of amides is 3. The lowest BCUT2D eigenvalue weighted by Gasteiger charge is -2.22. The van der Waals surface area contributed by atoms with Crippen molar-refractivity contribution >= 4 is 17.9 Å². The molecule has 0 aliphatic carbocycles. The molecule has 2 heterocycles. The van der Waals surface area contributed by atoms with E-state index in [1.807, 2.05) is 6.92 Å². The predicted molar refractivity (Wildman–Crippen MR) is 86.0 cm³/mol. The molecule has 1 aromatic rings. The lowest BCUT2D eigenvalue weighted by Crippen LogP contribution is -2.41. The van der Waals surface area contributed by atoms with Crippen LogP contribution in [0.3, 0.4) is 0 Å². The zero-order chi connectivity index (χ0) is 18.0. The van der Waals surface area contributed by atoms with Crippen LogP contribution in [0.5, 0.6) is 11.5 Å². The number of fused-ring (bicyclic) bond motifs is 1. The molecule has 0 radical (unpaired) electrons. The zero-order valence-electron chi connectivity index (χ0n) is 14.2. The molecule has 1 saturated heterocycles. The van der Waals surface area contributed by atoms with Crippen LogP contribution in [0.4, 0.5) is 4.79 Å². The number of ether oxygens (including phenoxy) is 3. The number of hydrogen-bond acceptors (Lipinski definition) is 6. The molecule has 0 aromatic heterocycles. The van der Waals surface area contributed by atoms with Gasteiger partial charge < -0.3 is 19.5 Å². The van der Waals surface area contributed by atoms with Gasteiger partial charge in [0.05, 0.1) is 6.61 Å². The topological polar surface area (TPSA) is 94.2 Å². The third kappa shape index (κ3) is 3.11. The Morgan fingerprint density at radius 3 is 2.84 bits per heavy atom. The number of unbranched alkanes of at least 4 members (excludes halogenated alkanes) is 1. The Morgan fingerprint density at radius 2 is 2.08 bits per heavy atom. The quantitative estimate of drug-likeness (QED) is 0.476. The molecule has 3 amide bonds. The number of nitrogens with zero attached hydrogens (tertiary/aromatic N) is 1.